The van der Waals surface area contributed by atoms with Crippen LogP contribution in [-0.4, -0.2) is 16.8 Å². The minimum Gasteiger partial charge on any atom is -0.326 e. The number of anilines is 2. The van der Waals surface area contributed by atoms with Crippen LogP contribution in [0.2, 0.25) is 0 Å². The van der Waals surface area contributed by atoms with Crippen molar-refractivity contribution in [3.63, 3.8) is 0 Å². The van der Waals surface area contributed by atoms with Crippen LogP contribution in [0.15, 0.2) is 60.0 Å². The third-order valence-electron chi connectivity index (χ3n) is 3.67. The number of nitrogens with one attached hydrogen (secondary N) is 2. The Labute approximate surface area is 156 Å². The molecule has 2 amide bonds. The van der Waals surface area contributed by atoms with Crippen LogP contribution in [0.4, 0.5) is 11.4 Å². The van der Waals surface area contributed by atoms with Crippen molar-refractivity contribution < 1.29 is 9.59 Å². The Morgan fingerprint density at radius 3 is 2.27 bits per heavy atom. The molecule has 3 rings (SSSR count). The van der Waals surface area contributed by atoms with Crippen LogP contribution in [0.3, 0.4) is 0 Å². The summed E-state index contributed by atoms with van der Waals surface area (Å²) in [4.78, 5) is 27.7. The highest BCUT2D eigenvalue weighted by Crippen LogP contribution is 2.23. The summed E-state index contributed by atoms with van der Waals surface area (Å²) < 4.78 is 0. The first-order chi connectivity index (χ1) is 12.6. The van der Waals surface area contributed by atoms with Crippen LogP contribution in [0.1, 0.15) is 19.0 Å². The highest BCUT2D eigenvalue weighted by Gasteiger charge is 2.08. The molecule has 1 aromatic heterocycles. The number of nitrogens with zero attached hydrogens (tertiary/aromatic N) is 1. The van der Waals surface area contributed by atoms with E-state index in [1.54, 1.807) is 35.6 Å². The highest BCUT2D eigenvalue weighted by atomic mass is 32.1. The summed E-state index contributed by atoms with van der Waals surface area (Å²) in [5, 5.41) is 8.51. The van der Waals surface area contributed by atoms with E-state index in [0.29, 0.717) is 24.2 Å². The normalized spacial score (nSPS) is 10.3. The average molecular weight is 365 g/mol. The van der Waals surface area contributed by atoms with Gasteiger partial charge in [0.25, 0.3) is 0 Å². The third-order valence-corrected chi connectivity index (χ3v) is 4.61. The van der Waals surface area contributed by atoms with Gasteiger partial charge in [0.2, 0.25) is 11.8 Å². The summed E-state index contributed by atoms with van der Waals surface area (Å²) in [6.45, 7) is 1.46. The molecular weight excluding hydrogens is 346 g/mol. The molecule has 26 heavy (non-hydrogen) atoms. The fourth-order valence-electron chi connectivity index (χ4n) is 2.44. The molecule has 0 saturated carbocycles. The lowest BCUT2D eigenvalue weighted by Crippen LogP contribution is -2.12. The molecule has 0 unspecified atom stereocenters. The van der Waals surface area contributed by atoms with Crippen LogP contribution in [0.25, 0.3) is 10.6 Å². The smallest absolute Gasteiger partial charge is 0.224 e. The van der Waals surface area contributed by atoms with Crippen molar-refractivity contribution in [2.24, 2.45) is 0 Å². The van der Waals surface area contributed by atoms with Gasteiger partial charge in [-0.2, -0.15) is 0 Å². The second kappa shape index (κ2) is 8.40. The van der Waals surface area contributed by atoms with E-state index in [1.807, 2.05) is 35.7 Å². The number of thiazole rings is 1. The summed E-state index contributed by atoms with van der Waals surface area (Å²) in [6, 6.07) is 17.0. The number of carbonyl (C=O) groups excluding carboxylic acids is 2. The molecule has 6 heteroatoms. The van der Waals surface area contributed by atoms with E-state index in [-0.39, 0.29) is 11.8 Å². The maximum atomic E-state index is 12.1. The zero-order chi connectivity index (χ0) is 18.4. The predicted octanol–water partition coefficient (Wildman–Crippen LogP) is 4.34. The molecule has 0 aliphatic rings. The average Bonchev–Trinajstić information content (AvgIpc) is 3.11. The molecule has 3 aromatic rings. The van der Waals surface area contributed by atoms with Crippen molar-refractivity contribution in [2.75, 3.05) is 10.6 Å². The Bertz CT molecular complexity index is 889. The molecule has 132 valence electrons. The van der Waals surface area contributed by atoms with Crippen molar-refractivity contribution in [1.29, 1.82) is 0 Å². The molecule has 5 nitrogen and oxygen atoms in total. The Hall–Kier alpha value is -2.99. The van der Waals surface area contributed by atoms with Gasteiger partial charge in [0.15, 0.2) is 0 Å². The number of aryl methyl sites for hydroxylation is 1. The molecule has 0 bridgehead atoms. The van der Waals surface area contributed by atoms with Gasteiger partial charge in [-0.05, 0) is 30.7 Å². The standard InChI is InChI=1S/C20H19N3O2S/c1-14(24)21-16-7-9-17(10-8-16)22-19(25)12-11-18-13-26-20(23-18)15-5-3-2-4-6-15/h2-10,13H,11-12H2,1H3,(H,21,24)(H,22,25). The highest BCUT2D eigenvalue weighted by molar-refractivity contribution is 7.13. The van der Waals surface area contributed by atoms with E-state index in [4.69, 9.17) is 0 Å². The summed E-state index contributed by atoms with van der Waals surface area (Å²) >= 11 is 1.59. The second-order valence-electron chi connectivity index (χ2n) is 5.82. The van der Waals surface area contributed by atoms with Gasteiger partial charge in [0.05, 0.1) is 5.69 Å². The van der Waals surface area contributed by atoms with Gasteiger partial charge < -0.3 is 10.6 Å². The van der Waals surface area contributed by atoms with E-state index in [1.165, 1.54) is 6.92 Å². The van der Waals surface area contributed by atoms with E-state index in [9.17, 15) is 9.59 Å². The lowest BCUT2D eigenvalue weighted by molar-refractivity contribution is -0.116. The minimum absolute atomic E-state index is 0.0634. The lowest BCUT2D eigenvalue weighted by atomic mass is 10.2. The van der Waals surface area contributed by atoms with Crippen LogP contribution in [-0.2, 0) is 16.0 Å². The van der Waals surface area contributed by atoms with Gasteiger partial charge in [0, 0.05) is 35.7 Å². The molecule has 2 N–H and O–H groups in total. The first-order valence-electron chi connectivity index (χ1n) is 8.27. The van der Waals surface area contributed by atoms with Crippen molar-refractivity contribution in [3.05, 3.63) is 65.7 Å². The second-order valence-corrected chi connectivity index (χ2v) is 6.67. The number of benzene rings is 2. The SMILES string of the molecule is CC(=O)Nc1ccc(NC(=O)CCc2csc(-c3ccccc3)n2)cc1. The van der Waals surface area contributed by atoms with Gasteiger partial charge >= 0.3 is 0 Å². The largest absolute Gasteiger partial charge is 0.326 e. The Balaban J connectivity index is 1.51. The van der Waals surface area contributed by atoms with Crippen LogP contribution >= 0.6 is 11.3 Å². The van der Waals surface area contributed by atoms with E-state index in [2.05, 4.69) is 15.6 Å². The Morgan fingerprint density at radius 2 is 1.62 bits per heavy atom. The van der Waals surface area contributed by atoms with Crippen LogP contribution < -0.4 is 10.6 Å². The molecule has 0 saturated heterocycles. The van der Waals surface area contributed by atoms with E-state index < -0.39 is 0 Å². The number of rotatable bonds is 6. The fraction of sp³-hybridized carbons (Fsp3) is 0.150. The van der Waals surface area contributed by atoms with E-state index >= 15 is 0 Å². The van der Waals surface area contributed by atoms with Crippen molar-refractivity contribution in [1.82, 2.24) is 4.98 Å². The number of carbonyl (C=O) groups is 2. The summed E-state index contributed by atoms with van der Waals surface area (Å²) in [5.41, 5.74) is 3.41. The molecule has 2 aromatic carbocycles. The zero-order valence-electron chi connectivity index (χ0n) is 14.4. The van der Waals surface area contributed by atoms with Crippen molar-refractivity contribution in [2.45, 2.75) is 19.8 Å². The van der Waals surface area contributed by atoms with Gasteiger partial charge in [-0.3, -0.25) is 9.59 Å². The van der Waals surface area contributed by atoms with Crippen LogP contribution in [0, 0.1) is 0 Å². The molecule has 0 aliphatic carbocycles. The van der Waals surface area contributed by atoms with Gasteiger partial charge in [-0.15, -0.1) is 11.3 Å². The molecule has 0 fully saturated rings. The Morgan fingerprint density at radius 1 is 0.962 bits per heavy atom. The molecule has 0 atom stereocenters. The van der Waals surface area contributed by atoms with Gasteiger partial charge in [0.1, 0.15) is 5.01 Å². The molecular formula is C20H19N3O2S. The Kier molecular flexibility index (Phi) is 5.76. The number of hydrogen-bond donors (Lipinski definition) is 2. The van der Waals surface area contributed by atoms with Crippen LogP contribution in [0.5, 0.6) is 0 Å². The minimum atomic E-state index is -0.125. The summed E-state index contributed by atoms with van der Waals surface area (Å²) in [6.07, 6.45) is 0.963. The lowest BCUT2D eigenvalue weighted by Gasteiger charge is -2.06. The molecule has 0 spiro atoms. The maximum Gasteiger partial charge on any atom is 0.224 e. The number of amides is 2. The van der Waals surface area contributed by atoms with Crippen molar-refractivity contribution in [3.8, 4) is 10.6 Å². The quantitative estimate of drug-likeness (QED) is 0.683. The predicted molar refractivity (Wildman–Crippen MR) is 105 cm³/mol. The maximum absolute atomic E-state index is 12.1. The topological polar surface area (TPSA) is 71.1 Å². The number of aromatic nitrogens is 1. The summed E-state index contributed by atoms with van der Waals surface area (Å²) in [7, 11) is 0. The number of hydrogen-bond acceptors (Lipinski definition) is 4. The molecule has 0 aliphatic heterocycles. The first-order valence-corrected chi connectivity index (χ1v) is 9.15. The summed E-state index contributed by atoms with van der Waals surface area (Å²) in [5.74, 6) is -0.188. The molecule has 0 radical (unpaired) electrons. The first kappa shape index (κ1) is 17.8. The zero-order valence-corrected chi connectivity index (χ0v) is 15.2. The van der Waals surface area contributed by atoms with Gasteiger partial charge in [-0.1, -0.05) is 30.3 Å². The van der Waals surface area contributed by atoms with Gasteiger partial charge in [-0.25, -0.2) is 4.98 Å². The van der Waals surface area contributed by atoms with E-state index in [0.717, 1.165) is 16.3 Å². The fourth-order valence-corrected chi connectivity index (χ4v) is 3.30. The monoisotopic (exact) mass is 365 g/mol. The molecule has 1 heterocycles. The van der Waals surface area contributed by atoms with Crippen molar-refractivity contribution >= 4 is 34.5 Å². The third kappa shape index (κ3) is 5.00.